The molecule has 100 valence electrons. The molecule has 5 heteroatoms. The first kappa shape index (κ1) is 12.6. The lowest BCUT2D eigenvalue weighted by atomic mass is 10.2. The summed E-state index contributed by atoms with van der Waals surface area (Å²) in [4.78, 5) is 14.7. The Morgan fingerprint density at radius 3 is 2.70 bits per heavy atom. The molecular weight excluding hydrogens is 274 g/mol. The number of hydrogen-bond donors (Lipinski definition) is 0. The van der Waals surface area contributed by atoms with Crippen molar-refractivity contribution in [2.24, 2.45) is 0 Å². The van der Waals surface area contributed by atoms with Crippen molar-refractivity contribution in [3.8, 4) is 17.1 Å². The van der Waals surface area contributed by atoms with E-state index in [0.29, 0.717) is 24.4 Å². The standard InChI is InChI=1S/C15H11NO3S/c17-9-13-5-6-14(19-13)11-1-3-12(4-2-11)18-10-15-16-7-8-20-15/h1-9H,10H2. The maximum atomic E-state index is 10.6. The topological polar surface area (TPSA) is 52.3 Å². The van der Waals surface area contributed by atoms with Gasteiger partial charge in [-0.15, -0.1) is 11.3 Å². The number of nitrogens with zero attached hydrogens (tertiary/aromatic N) is 1. The Morgan fingerprint density at radius 1 is 1.20 bits per heavy atom. The highest BCUT2D eigenvalue weighted by molar-refractivity contribution is 7.09. The Hall–Kier alpha value is -2.40. The van der Waals surface area contributed by atoms with E-state index >= 15 is 0 Å². The summed E-state index contributed by atoms with van der Waals surface area (Å²) in [6, 6.07) is 10.9. The van der Waals surface area contributed by atoms with Gasteiger partial charge in [0.2, 0.25) is 0 Å². The molecule has 20 heavy (non-hydrogen) atoms. The molecule has 0 saturated heterocycles. The van der Waals surface area contributed by atoms with Gasteiger partial charge in [-0.3, -0.25) is 4.79 Å². The van der Waals surface area contributed by atoms with Crippen LogP contribution >= 0.6 is 11.3 Å². The SMILES string of the molecule is O=Cc1ccc(-c2ccc(OCc3nccs3)cc2)o1. The Morgan fingerprint density at radius 2 is 2.05 bits per heavy atom. The number of carbonyl (C=O) groups excluding carboxylic acids is 1. The summed E-state index contributed by atoms with van der Waals surface area (Å²) in [7, 11) is 0. The van der Waals surface area contributed by atoms with E-state index in [-0.39, 0.29) is 0 Å². The van der Waals surface area contributed by atoms with Gasteiger partial charge in [0, 0.05) is 17.1 Å². The van der Waals surface area contributed by atoms with Crippen LogP contribution in [0.25, 0.3) is 11.3 Å². The van der Waals surface area contributed by atoms with Crippen molar-refractivity contribution >= 4 is 17.6 Å². The number of furan rings is 1. The van der Waals surface area contributed by atoms with Crippen LogP contribution in [0.15, 0.2) is 52.4 Å². The molecule has 0 aliphatic carbocycles. The molecule has 0 unspecified atom stereocenters. The van der Waals surface area contributed by atoms with Crippen LogP contribution < -0.4 is 4.74 Å². The van der Waals surface area contributed by atoms with Crippen LogP contribution in [0.4, 0.5) is 0 Å². The summed E-state index contributed by atoms with van der Waals surface area (Å²) >= 11 is 1.56. The average Bonchev–Trinajstić information content (AvgIpc) is 3.17. The number of carbonyl (C=O) groups is 1. The second kappa shape index (κ2) is 5.71. The molecule has 0 saturated carbocycles. The Labute approximate surface area is 119 Å². The third-order valence-electron chi connectivity index (χ3n) is 2.73. The number of aromatic nitrogens is 1. The van der Waals surface area contributed by atoms with E-state index in [1.165, 1.54) is 0 Å². The number of hydrogen-bond acceptors (Lipinski definition) is 5. The molecule has 0 fully saturated rings. The minimum absolute atomic E-state index is 0.323. The van der Waals surface area contributed by atoms with Crippen molar-refractivity contribution in [1.29, 1.82) is 0 Å². The highest BCUT2D eigenvalue weighted by Gasteiger charge is 2.04. The second-order valence-electron chi connectivity index (χ2n) is 4.06. The van der Waals surface area contributed by atoms with Crippen molar-refractivity contribution in [3.63, 3.8) is 0 Å². The fourth-order valence-electron chi connectivity index (χ4n) is 1.76. The largest absolute Gasteiger partial charge is 0.486 e. The average molecular weight is 285 g/mol. The third kappa shape index (κ3) is 2.78. The smallest absolute Gasteiger partial charge is 0.185 e. The highest BCUT2D eigenvalue weighted by Crippen LogP contribution is 2.24. The zero-order valence-corrected chi connectivity index (χ0v) is 11.3. The van der Waals surface area contributed by atoms with Crippen LogP contribution in [0.1, 0.15) is 15.6 Å². The lowest BCUT2D eigenvalue weighted by Gasteiger charge is -2.04. The first-order valence-electron chi connectivity index (χ1n) is 6.02. The summed E-state index contributed by atoms with van der Waals surface area (Å²) in [5, 5.41) is 2.86. The molecule has 0 amide bonds. The summed E-state index contributed by atoms with van der Waals surface area (Å²) in [6.45, 7) is 0.465. The molecule has 0 atom stereocenters. The molecule has 0 N–H and O–H groups in total. The zero-order chi connectivity index (χ0) is 13.8. The number of ether oxygens (including phenoxy) is 1. The maximum absolute atomic E-state index is 10.6. The fraction of sp³-hybridized carbons (Fsp3) is 0.0667. The quantitative estimate of drug-likeness (QED) is 0.669. The first-order valence-corrected chi connectivity index (χ1v) is 6.90. The van der Waals surface area contributed by atoms with Crippen molar-refractivity contribution < 1.29 is 13.9 Å². The van der Waals surface area contributed by atoms with Crippen LogP contribution in [0.3, 0.4) is 0 Å². The molecule has 2 aromatic heterocycles. The zero-order valence-electron chi connectivity index (χ0n) is 10.5. The van der Waals surface area contributed by atoms with E-state index in [4.69, 9.17) is 9.15 Å². The van der Waals surface area contributed by atoms with Crippen LogP contribution in [0.5, 0.6) is 5.75 Å². The van der Waals surface area contributed by atoms with Gasteiger partial charge in [0.05, 0.1) is 0 Å². The van der Waals surface area contributed by atoms with Gasteiger partial charge in [0.15, 0.2) is 12.0 Å². The van der Waals surface area contributed by atoms with Gasteiger partial charge in [-0.05, 0) is 36.4 Å². The van der Waals surface area contributed by atoms with Gasteiger partial charge < -0.3 is 9.15 Å². The minimum atomic E-state index is 0.323. The molecule has 0 aliphatic rings. The molecule has 0 aliphatic heterocycles. The first-order chi connectivity index (χ1) is 9.85. The van der Waals surface area contributed by atoms with Crippen LogP contribution in [0.2, 0.25) is 0 Å². The predicted molar refractivity (Wildman–Crippen MR) is 76.0 cm³/mol. The van der Waals surface area contributed by atoms with Crippen LogP contribution in [0, 0.1) is 0 Å². The molecule has 3 rings (SSSR count). The van der Waals surface area contributed by atoms with Gasteiger partial charge in [-0.1, -0.05) is 0 Å². The van der Waals surface area contributed by atoms with E-state index in [2.05, 4.69) is 4.98 Å². The molecular formula is C15H11NO3S. The Balaban J connectivity index is 1.69. The van der Waals surface area contributed by atoms with E-state index in [9.17, 15) is 4.79 Å². The Bertz CT molecular complexity index is 686. The normalized spacial score (nSPS) is 10.4. The van der Waals surface area contributed by atoms with Crippen LogP contribution in [-0.2, 0) is 6.61 Å². The third-order valence-corrected chi connectivity index (χ3v) is 3.48. The Kier molecular flexibility index (Phi) is 3.60. The van der Waals surface area contributed by atoms with E-state index < -0.39 is 0 Å². The van der Waals surface area contributed by atoms with E-state index in [1.807, 2.05) is 29.6 Å². The van der Waals surface area contributed by atoms with Gasteiger partial charge >= 0.3 is 0 Å². The molecule has 0 bridgehead atoms. The highest BCUT2D eigenvalue weighted by atomic mass is 32.1. The van der Waals surface area contributed by atoms with Crippen molar-refractivity contribution in [1.82, 2.24) is 4.98 Å². The van der Waals surface area contributed by atoms with Gasteiger partial charge in [0.1, 0.15) is 23.1 Å². The second-order valence-corrected chi connectivity index (χ2v) is 5.04. The summed E-state index contributed by atoms with van der Waals surface area (Å²) in [6.07, 6.45) is 2.45. The predicted octanol–water partition coefficient (Wildman–Crippen LogP) is 3.79. The minimum Gasteiger partial charge on any atom is -0.486 e. The number of benzene rings is 1. The molecule has 4 nitrogen and oxygen atoms in total. The van der Waals surface area contributed by atoms with Gasteiger partial charge in [0.25, 0.3) is 0 Å². The number of rotatable bonds is 5. The van der Waals surface area contributed by atoms with Gasteiger partial charge in [-0.25, -0.2) is 4.98 Å². The molecule has 0 spiro atoms. The number of thiazole rings is 1. The van der Waals surface area contributed by atoms with Crippen molar-refractivity contribution in [2.45, 2.75) is 6.61 Å². The lowest BCUT2D eigenvalue weighted by molar-refractivity contribution is 0.110. The molecule has 1 aromatic carbocycles. The monoisotopic (exact) mass is 285 g/mol. The van der Waals surface area contributed by atoms with Crippen molar-refractivity contribution in [2.75, 3.05) is 0 Å². The molecule has 0 radical (unpaired) electrons. The van der Waals surface area contributed by atoms with Crippen LogP contribution in [-0.4, -0.2) is 11.3 Å². The van der Waals surface area contributed by atoms with Crippen molar-refractivity contribution in [3.05, 3.63) is 58.7 Å². The fourth-order valence-corrected chi connectivity index (χ4v) is 2.28. The summed E-state index contributed by atoms with van der Waals surface area (Å²) in [5.74, 6) is 1.76. The van der Waals surface area contributed by atoms with E-state index in [1.54, 1.807) is 29.7 Å². The lowest BCUT2D eigenvalue weighted by Crippen LogP contribution is -1.94. The van der Waals surface area contributed by atoms with E-state index in [0.717, 1.165) is 16.3 Å². The maximum Gasteiger partial charge on any atom is 0.185 e. The van der Waals surface area contributed by atoms with Gasteiger partial charge in [-0.2, -0.15) is 0 Å². The summed E-state index contributed by atoms with van der Waals surface area (Å²) < 4.78 is 11.0. The molecule has 3 aromatic rings. The summed E-state index contributed by atoms with van der Waals surface area (Å²) in [5.41, 5.74) is 0.902. The number of aldehydes is 1. The molecule has 2 heterocycles.